The summed E-state index contributed by atoms with van der Waals surface area (Å²) in [5, 5.41) is 1.06. The number of amides is 1. The molecule has 6 heteroatoms. The monoisotopic (exact) mass is 378 g/mol. The third-order valence-electron chi connectivity index (χ3n) is 5.40. The van der Waals surface area contributed by atoms with E-state index in [2.05, 4.69) is 4.98 Å². The SMILES string of the molecule is COC(=O)C1Cc2c([nH]c3ccccc23)C(c2ccc(OC)cc2)N1C(C)=O. The number of carbonyl (C=O) groups excluding carboxylic acids is 2. The zero-order chi connectivity index (χ0) is 19.8. The molecule has 0 bridgehead atoms. The van der Waals surface area contributed by atoms with Gasteiger partial charge in [0.25, 0.3) is 0 Å². The van der Waals surface area contributed by atoms with E-state index in [1.807, 2.05) is 48.5 Å². The van der Waals surface area contributed by atoms with Crippen LogP contribution in [0.15, 0.2) is 48.5 Å². The molecule has 1 aliphatic heterocycles. The third-order valence-corrected chi connectivity index (χ3v) is 5.40. The number of esters is 1. The predicted octanol–water partition coefficient (Wildman–Crippen LogP) is 3.21. The summed E-state index contributed by atoms with van der Waals surface area (Å²) in [5.74, 6) is 0.139. The van der Waals surface area contributed by atoms with E-state index in [9.17, 15) is 9.59 Å². The Morgan fingerprint density at radius 1 is 1.07 bits per heavy atom. The fourth-order valence-corrected chi connectivity index (χ4v) is 4.13. The highest BCUT2D eigenvalue weighted by molar-refractivity contribution is 5.90. The lowest BCUT2D eigenvalue weighted by molar-refractivity contribution is -0.154. The highest BCUT2D eigenvalue weighted by Crippen LogP contribution is 2.41. The Morgan fingerprint density at radius 3 is 2.43 bits per heavy atom. The summed E-state index contributed by atoms with van der Waals surface area (Å²) in [6, 6.07) is 14.5. The van der Waals surface area contributed by atoms with Crippen molar-refractivity contribution in [1.82, 2.24) is 9.88 Å². The number of methoxy groups -OCH3 is 2. The van der Waals surface area contributed by atoms with Crippen molar-refractivity contribution < 1.29 is 19.1 Å². The minimum atomic E-state index is -0.679. The predicted molar refractivity (Wildman–Crippen MR) is 105 cm³/mol. The van der Waals surface area contributed by atoms with Crippen LogP contribution in [-0.4, -0.2) is 42.0 Å². The number of benzene rings is 2. The number of hydrogen-bond acceptors (Lipinski definition) is 4. The van der Waals surface area contributed by atoms with Gasteiger partial charge in [-0.3, -0.25) is 4.79 Å². The van der Waals surface area contributed by atoms with E-state index < -0.39 is 18.1 Å². The van der Waals surface area contributed by atoms with E-state index in [0.717, 1.165) is 33.5 Å². The van der Waals surface area contributed by atoms with Crippen LogP contribution in [0.3, 0.4) is 0 Å². The highest BCUT2D eigenvalue weighted by atomic mass is 16.5. The Bertz CT molecular complexity index is 1040. The van der Waals surface area contributed by atoms with Crippen molar-refractivity contribution in [2.24, 2.45) is 0 Å². The highest BCUT2D eigenvalue weighted by Gasteiger charge is 2.42. The van der Waals surface area contributed by atoms with Crippen LogP contribution in [0.1, 0.15) is 29.8 Å². The number of aromatic amines is 1. The molecule has 0 aliphatic carbocycles. The molecule has 0 radical (unpaired) electrons. The van der Waals surface area contributed by atoms with Gasteiger partial charge in [-0.15, -0.1) is 0 Å². The van der Waals surface area contributed by atoms with Gasteiger partial charge in [-0.1, -0.05) is 30.3 Å². The molecule has 144 valence electrons. The van der Waals surface area contributed by atoms with Crippen LogP contribution in [0.2, 0.25) is 0 Å². The Hall–Kier alpha value is -3.28. The van der Waals surface area contributed by atoms with Crippen LogP contribution >= 0.6 is 0 Å². The fourth-order valence-electron chi connectivity index (χ4n) is 4.13. The van der Waals surface area contributed by atoms with Gasteiger partial charge in [-0.2, -0.15) is 0 Å². The molecule has 2 unspecified atom stereocenters. The van der Waals surface area contributed by atoms with Crippen molar-refractivity contribution in [1.29, 1.82) is 0 Å². The summed E-state index contributed by atoms with van der Waals surface area (Å²) in [5.41, 5.74) is 3.86. The molecule has 3 aromatic rings. The van der Waals surface area contributed by atoms with Crippen molar-refractivity contribution in [3.05, 3.63) is 65.4 Å². The lowest BCUT2D eigenvalue weighted by Crippen LogP contribution is -2.51. The molecule has 0 spiro atoms. The van der Waals surface area contributed by atoms with E-state index in [-0.39, 0.29) is 5.91 Å². The molecule has 2 atom stereocenters. The zero-order valence-corrected chi connectivity index (χ0v) is 16.1. The van der Waals surface area contributed by atoms with Crippen molar-refractivity contribution in [3.8, 4) is 5.75 Å². The average Bonchev–Trinajstić information content (AvgIpc) is 3.10. The molecule has 2 aromatic carbocycles. The van der Waals surface area contributed by atoms with Gasteiger partial charge in [0.1, 0.15) is 11.8 Å². The minimum Gasteiger partial charge on any atom is -0.497 e. The quantitative estimate of drug-likeness (QED) is 0.711. The second-order valence-corrected chi connectivity index (χ2v) is 6.91. The number of H-pyrrole nitrogens is 1. The minimum absolute atomic E-state index is 0.180. The van der Waals surface area contributed by atoms with Gasteiger partial charge in [0, 0.05) is 29.9 Å². The summed E-state index contributed by atoms with van der Waals surface area (Å²) < 4.78 is 10.3. The van der Waals surface area contributed by atoms with E-state index in [1.165, 1.54) is 14.0 Å². The number of ether oxygens (including phenoxy) is 2. The standard InChI is InChI=1S/C22H22N2O4/c1-13(25)24-19(22(26)28-3)12-17-16-6-4-5-7-18(16)23-20(17)21(24)14-8-10-15(27-2)11-9-14/h4-11,19,21,23H,12H2,1-3H3. The first-order valence-corrected chi connectivity index (χ1v) is 9.15. The van der Waals surface area contributed by atoms with E-state index >= 15 is 0 Å². The molecule has 1 aliphatic rings. The number of aromatic nitrogens is 1. The summed E-state index contributed by atoms with van der Waals surface area (Å²) in [7, 11) is 2.97. The molecule has 0 saturated carbocycles. The van der Waals surface area contributed by atoms with Crippen LogP contribution in [0.4, 0.5) is 0 Å². The number of nitrogens with zero attached hydrogens (tertiary/aromatic N) is 1. The molecule has 1 N–H and O–H groups in total. The van der Waals surface area contributed by atoms with Gasteiger partial charge in [0.2, 0.25) is 5.91 Å². The summed E-state index contributed by atoms with van der Waals surface area (Å²) in [6.45, 7) is 1.49. The molecule has 0 fully saturated rings. The summed E-state index contributed by atoms with van der Waals surface area (Å²) in [6.07, 6.45) is 0.415. The second-order valence-electron chi connectivity index (χ2n) is 6.91. The largest absolute Gasteiger partial charge is 0.497 e. The van der Waals surface area contributed by atoms with Gasteiger partial charge in [-0.05, 0) is 29.3 Å². The molecular formula is C22H22N2O4. The first kappa shape index (κ1) is 18.1. The number of carbonyl (C=O) groups is 2. The van der Waals surface area contributed by atoms with Gasteiger partial charge in [0.05, 0.1) is 20.3 Å². The Kier molecular flexibility index (Phi) is 4.55. The maximum absolute atomic E-state index is 12.6. The number of para-hydroxylation sites is 1. The number of fused-ring (bicyclic) bond motifs is 3. The molecule has 4 rings (SSSR count). The topological polar surface area (TPSA) is 71.6 Å². The van der Waals surface area contributed by atoms with E-state index in [4.69, 9.17) is 9.47 Å². The average molecular weight is 378 g/mol. The molecule has 0 saturated heterocycles. The molecule has 1 aromatic heterocycles. The Labute approximate surface area is 163 Å². The second kappa shape index (κ2) is 7.03. The molecular weight excluding hydrogens is 356 g/mol. The molecule has 28 heavy (non-hydrogen) atoms. The van der Waals surface area contributed by atoms with E-state index in [1.54, 1.807) is 12.0 Å². The zero-order valence-electron chi connectivity index (χ0n) is 16.1. The summed E-state index contributed by atoms with van der Waals surface area (Å²) in [4.78, 5) is 30.3. The number of hydrogen-bond donors (Lipinski definition) is 1. The van der Waals surface area contributed by atoms with Crippen LogP contribution < -0.4 is 4.74 Å². The lowest BCUT2D eigenvalue weighted by Gasteiger charge is -2.40. The smallest absolute Gasteiger partial charge is 0.328 e. The van der Waals surface area contributed by atoms with Crippen molar-refractivity contribution in [3.63, 3.8) is 0 Å². The van der Waals surface area contributed by atoms with Crippen molar-refractivity contribution >= 4 is 22.8 Å². The maximum Gasteiger partial charge on any atom is 0.328 e. The lowest BCUT2D eigenvalue weighted by atomic mass is 9.88. The van der Waals surface area contributed by atoms with Gasteiger partial charge in [-0.25, -0.2) is 4.79 Å². The van der Waals surface area contributed by atoms with Crippen molar-refractivity contribution in [2.45, 2.75) is 25.4 Å². The van der Waals surface area contributed by atoms with Gasteiger partial charge >= 0.3 is 5.97 Å². The van der Waals surface area contributed by atoms with Crippen LogP contribution in [-0.2, 0) is 20.7 Å². The first-order valence-electron chi connectivity index (χ1n) is 9.15. The Morgan fingerprint density at radius 2 is 1.79 bits per heavy atom. The molecule has 2 heterocycles. The Balaban J connectivity index is 1.95. The molecule has 6 nitrogen and oxygen atoms in total. The van der Waals surface area contributed by atoms with Crippen LogP contribution in [0.5, 0.6) is 5.75 Å². The molecule has 1 amide bonds. The number of rotatable bonds is 3. The number of nitrogens with one attached hydrogen (secondary N) is 1. The van der Waals surface area contributed by atoms with Crippen molar-refractivity contribution in [2.75, 3.05) is 14.2 Å². The van der Waals surface area contributed by atoms with Crippen LogP contribution in [0, 0.1) is 0 Å². The fraction of sp³-hybridized carbons (Fsp3) is 0.273. The summed E-state index contributed by atoms with van der Waals surface area (Å²) >= 11 is 0. The van der Waals surface area contributed by atoms with Gasteiger partial charge in [0.15, 0.2) is 0 Å². The normalized spacial score (nSPS) is 18.6. The third kappa shape index (κ3) is 2.81. The van der Waals surface area contributed by atoms with E-state index in [0.29, 0.717) is 6.42 Å². The van der Waals surface area contributed by atoms with Crippen LogP contribution in [0.25, 0.3) is 10.9 Å². The van der Waals surface area contributed by atoms with Gasteiger partial charge < -0.3 is 19.4 Å². The maximum atomic E-state index is 12.6. The first-order chi connectivity index (χ1) is 13.5.